The van der Waals surface area contributed by atoms with Gasteiger partial charge in [0, 0.05) is 25.2 Å². The first kappa shape index (κ1) is 26.7. The lowest BCUT2D eigenvalue weighted by molar-refractivity contribution is -0.117. The van der Waals surface area contributed by atoms with Crippen LogP contribution >= 0.6 is 0 Å². The van der Waals surface area contributed by atoms with Crippen molar-refractivity contribution in [2.45, 2.75) is 52.6 Å². The van der Waals surface area contributed by atoms with E-state index < -0.39 is 0 Å². The van der Waals surface area contributed by atoms with Gasteiger partial charge in [-0.2, -0.15) is 0 Å². The summed E-state index contributed by atoms with van der Waals surface area (Å²) in [5, 5.41) is 5.81. The third-order valence-corrected chi connectivity index (χ3v) is 6.02. The average molecular weight is 481 g/mol. The number of nitrogens with one attached hydrogen (secondary N) is 2. The minimum atomic E-state index is -0.134. The molecular formula is C32H36N2O2. The standard InChI is InChI=1S/C32H36N2O2/c1-23(2)29-15-9-25(10-16-29)13-19-31(35)33-21-27-5-7-28(8-6-27)22-34-32(36)20-14-26-11-17-30(18-12-26)24(3)4/h5-20,23-24H,21-22H2,1-4H3,(H,33,35)(H,34,36)/b19-13+,20-14+. The zero-order valence-electron chi connectivity index (χ0n) is 21.6. The first-order valence-corrected chi connectivity index (χ1v) is 12.5. The molecule has 0 unspecified atom stereocenters. The van der Waals surface area contributed by atoms with Crippen molar-refractivity contribution in [1.82, 2.24) is 10.6 Å². The highest BCUT2D eigenvalue weighted by molar-refractivity contribution is 5.92. The molecule has 186 valence electrons. The molecular weight excluding hydrogens is 444 g/mol. The van der Waals surface area contributed by atoms with E-state index in [9.17, 15) is 9.59 Å². The highest BCUT2D eigenvalue weighted by Crippen LogP contribution is 2.16. The molecule has 2 N–H and O–H groups in total. The maximum absolute atomic E-state index is 12.2. The second-order valence-corrected chi connectivity index (χ2v) is 9.56. The van der Waals surface area contributed by atoms with Crippen LogP contribution in [-0.4, -0.2) is 11.8 Å². The lowest BCUT2D eigenvalue weighted by atomic mass is 10.0. The Morgan fingerprint density at radius 1 is 0.583 bits per heavy atom. The van der Waals surface area contributed by atoms with Gasteiger partial charge in [-0.25, -0.2) is 0 Å². The molecule has 0 aliphatic carbocycles. The number of amides is 2. The molecule has 2 amide bonds. The Balaban J connectivity index is 1.41. The van der Waals surface area contributed by atoms with Gasteiger partial charge < -0.3 is 10.6 Å². The number of hydrogen-bond donors (Lipinski definition) is 2. The van der Waals surface area contributed by atoms with Crippen LogP contribution in [0.25, 0.3) is 12.2 Å². The fraction of sp³-hybridized carbons (Fsp3) is 0.250. The molecule has 4 nitrogen and oxygen atoms in total. The van der Waals surface area contributed by atoms with Crippen LogP contribution in [0, 0.1) is 0 Å². The molecule has 0 spiro atoms. The van der Waals surface area contributed by atoms with Gasteiger partial charge >= 0.3 is 0 Å². The van der Waals surface area contributed by atoms with E-state index in [1.165, 1.54) is 11.1 Å². The quantitative estimate of drug-likeness (QED) is 0.322. The van der Waals surface area contributed by atoms with Gasteiger partial charge in [-0.1, -0.05) is 100 Å². The molecule has 0 radical (unpaired) electrons. The second-order valence-electron chi connectivity index (χ2n) is 9.56. The van der Waals surface area contributed by atoms with Gasteiger partial charge in [0.2, 0.25) is 11.8 Å². The zero-order chi connectivity index (χ0) is 25.9. The lowest BCUT2D eigenvalue weighted by Gasteiger charge is -2.06. The van der Waals surface area contributed by atoms with Crippen molar-refractivity contribution in [3.8, 4) is 0 Å². The second kappa shape index (κ2) is 13.2. The summed E-state index contributed by atoms with van der Waals surface area (Å²) in [5.74, 6) is 0.711. The molecule has 3 aromatic rings. The maximum Gasteiger partial charge on any atom is 0.244 e. The van der Waals surface area contributed by atoms with Crippen molar-refractivity contribution in [2.75, 3.05) is 0 Å². The van der Waals surface area contributed by atoms with E-state index in [-0.39, 0.29) is 11.8 Å². The number of benzene rings is 3. The molecule has 4 heteroatoms. The predicted molar refractivity (Wildman–Crippen MR) is 149 cm³/mol. The van der Waals surface area contributed by atoms with Crippen molar-refractivity contribution in [2.24, 2.45) is 0 Å². The summed E-state index contributed by atoms with van der Waals surface area (Å²) in [6, 6.07) is 24.3. The summed E-state index contributed by atoms with van der Waals surface area (Å²) >= 11 is 0. The Hall–Kier alpha value is -3.92. The Morgan fingerprint density at radius 2 is 0.917 bits per heavy atom. The minimum absolute atomic E-state index is 0.134. The first-order chi connectivity index (χ1) is 17.3. The molecule has 0 fully saturated rings. The Kier molecular flexibility index (Phi) is 9.82. The van der Waals surface area contributed by atoms with Crippen LogP contribution < -0.4 is 10.6 Å². The van der Waals surface area contributed by atoms with Crippen LogP contribution in [0.5, 0.6) is 0 Å². The highest BCUT2D eigenvalue weighted by Gasteiger charge is 2.02. The fourth-order valence-electron chi connectivity index (χ4n) is 3.60. The van der Waals surface area contributed by atoms with Gasteiger partial charge in [-0.15, -0.1) is 0 Å². The highest BCUT2D eigenvalue weighted by atomic mass is 16.2. The van der Waals surface area contributed by atoms with Crippen molar-refractivity contribution in [1.29, 1.82) is 0 Å². The lowest BCUT2D eigenvalue weighted by Crippen LogP contribution is -2.21. The summed E-state index contributed by atoms with van der Waals surface area (Å²) in [6.07, 6.45) is 6.75. The average Bonchev–Trinajstić information content (AvgIpc) is 2.89. The van der Waals surface area contributed by atoms with Crippen molar-refractivity contribution < 1.29 is 9.59 Å². The Morgan fingerprint density at radius 3 is 1.22 bits per heavy atom. The van der Waals surface area contributed by atoms with E-state index in [1.807, 2.05) is 60.7 Å². The number of rotatable bonds is 10. The molecule has 3 rings (SSSR count). The molecule has 0 saturated carbocycles. The van der Waals surface area contributed by atoms with E-state index >= 15 is 0 Å². The SMILES string of the molecule is CC(C)c1ccc(/C=C/C(=O)NCc2ccc(CNC(=O)/C=C/c3ccc(C(C)C)cc3)cc2)cc1. The van der Waals surface area contributed by atoms with Gasteiger partial charge in [0.15, 0.2) is 0 Å². The largest absolute Gasteiger partial charge is 0.348 e. The molecule has 0 atom stereocenters. The maximum atomic E-state index is 12.2. The fourth-order valence-corrected chi connectivity index (χ4v) is 3.60. The van der Waals surface area contributed by atoms with Gasteiger partial charge in [0.25, 0.3) is 0 Å². The van der Waals surface area contributed by atoms with Crippen LogP contribution in [-0.2, 0) is 22.7 Å². The van der Waals surface area contributed by atoms with Crippen molar-refractivity contribution in [3.05, 3.63) is 118 Å². The van der Waals surface area contributed by atoms with E-state index in [0.29, 0.717) is 24.9 Å². The number of hydrogen-bond acceptors (Lipinski definition) is 2. The van der Waals surface area contributed by atoms with Crippen molar-refractivity contribution in [3.63, 3.8) is 0 Å². The zero-order valence-corrected chi connectivity index (χ0v) is 21.6. The van der Waals surface area contributed by atoms with Crippen LogP contribution in [0.4, 0.5) is 0 Å². The normalized spacial score (nSPS) is 11.5. The van der Waals surface area contributed by atoms with Crippen LogP contribution in [0.1, 0.15) is 72.9 Å². The van der Waals surface area contributed by atoms with Crippen LogP contribution in [0.15, 0.2) is 84.9 Å². The molecule has 0 heterocycles. The molecule has 36 heavy (non-hydrogen) atoms. The van der Waals surface area contributed by atoms with Crippen LogP contribution in [0.3, 0.4) is 0 Å². The molecule has 0 saturated heterocycles. The van der Waals surface area contributed by atoms with Gasteiger partial charge in [0.05, 0.1) is 0 Å². The summed E-state index contributed by atoms with van der Waals surface area (Å²) < 4.78 is 0. The first-order valence-electron chi connectivity index (χ1n) is 12.5. The molecule has 0 aliphatic heterocycles. The molecule has 0 aliphatic rings. The van der Waals surface area contributed by atoms with E-state index in [4.69, 9.17) is 0 Å². The Bertz CT molecular complexity index is 1090. The summed E-state index contributed by atoms with van der Waals surface area (Å²) in [7, 11) is 0. The van der Waals surface area contributed by atoms with Crippen molar-refractivity contribution >= 4 is 24.0 Å². The smallest absolute Gasteiger partial charge is 0.244 e. The molecule has 0 aromatic heterocycles. The summed E-state index contributed by atoms with van der Waals surface area (Å²) in [4.78, 5) is 24.3. The summed E-state index contributed by atoms with van der Waals surface area (Å²) in [5.41, 5.74) is 6.56. The molecule has 0 bridgehead atoms. The number of carbonyl (C=O) groups is 2. The predicted octanol–water partition coefficient (Wildman–Crippen LogP) is 6.59. The van der Waals surface area contributed by atoms with Crippen LogP contribution in [0.2, 0.25) is 0 Å². The monoisotopic (exact) mass is 480 g/mol. The topological polar surface area (TPSA) is 58.2 Å². The third kappa shape index (κ3) is 8.70. The third-order valence-electron chi connectivity index (χ3n) is 6.02. The minimum Gasteiger partial charge on any atom is -0.348 e. The van der Waals surface area contributed by atoms with Gasteiger partial charge in [0.1, 0.15) is 0 Å². The Labute approximate surface area is 215 Å². The van der Waals surface area contributed by atoms with E-state index in [1.54, 1.807) is 12.2 Å². The van der Waals surface area contributed by atoms with E-state index in [0.717, 1.165) is 22.3 Å². The van der Waals surface area contributed by atoms with Gasteiger partial charge in [-0.05, 0) is 57.4 Å². The molecule has 3 aromatic carbocycles. The van der Waals surface area contributed by atoms with Gasteiger partial charge in [-0.3, -0.25) is 9.59 Å². The number of carbonyl (C=O) groups excluding carboxylic acids is 2. The summed E-state index contributed by atoms with van der Waals surface area (Å²) in [6.45, 7) is 9.53. The van der Waals surface area contributed by atoms with E-state index in [2.05, 4.69) is 62.6 Å².